The van der Waals surface area contributed by atoms with Crippen molar-refractivity contribution < 1.29 is 17.9 Å². The van der Waals surface area contributed by atoms with Gasteiger partial charge in [-0.15, -0.1) is 0 Å². The quantitative estimate of drug-likeness (QED) is 0.628. The van der Waals surface area contributed by atoms with Gasteiger partial charge in [0, 0.05) is 23.5 Å². The number of halogens is 3. The maximum atomic E-state index is 13.3. The van der Waals surface area contributed by atoms with Gasteiger partial charge in [-0.3, -0.25) is 4.99 Å². The number of rotatable bonds is 4. The number of aromatic nitrogens is 1. The normalized spacial score (nSPS) is 12.9. The molecule has 0 bridgehead atoms. The van der Waals surface area contributed by atoms with Crippen LogP contribution in [0.15, 0.2) is 65.8 Å². The predicted molar refractivity (Wildman–Crippen MR) is 96.7 cm³/mol. The Balaban J connectivity index is 1.76. The van der Waals surface area contributed by atoms with Gasteiger partial charge < -0.3 is 4.74 Å². The Morgan fingerprint density at radius 2 is 1.78 bits per heavy atom. The molecule has 0 fully saturated rings. The molecule has 0 atom stereocenters. The summed E-state index contributed by atoms with van der Waals surface area (Å²) in [5.74, 6) is 0.295. The lowest BCUT2D eigenvalue weighted by Crippen LogP contribution is -2.07. The van der Waals surface area contributed by atoms with Gasteiger partial charge in [-0.2, -0.15) is 13.2 Å². The molecule has 2 aromatic carbocycles. The van der Waals surface area contributed by atoms with Crippen molar-refractivity contribution in [1.29, 1.82) is 0 Å². The number of benzene rings is 2. The predicted octanol–water partition coefficient (Wildman–Crippen LogP) is 5.28. The average Bonchev–Trinajstić information content (AvgIpc) is 3.15. The molecule has 4 rings (SSSR count). The Labute approximate surface area is 154 Å². The zero-order valence-corrected chi connectivity index (χ0v) is 14.2. The van der Waals surface area contributed by atoms with Crippen molar-refractivity contribution >= 4 is 6.21 Å². The maximum Gasteiger partial charge on any atom is 0.416 e. The topological polar surface area (TPSA) is 34.5 Å². The van der Waals surface area contributed by atoms with Crippen LogP contribution >= 0.6 is 0 Å². The van der Waals surface area contributed by atoms with Crippen molar-refractivity contribution in [1.82, 2.24) is 4.98 Å². The first kappa shape index (κ1) is 17.3. The summed E-state index contributed by atoms with van der Waals surface area (Å²) in [4.78, 5) is 8.37. The lowest BCUT2D eigenvalue weighted by molar-refractivity contribution is -0.137. The molecule has 0 radical (unpaired) electrons. The lowest BCUT2D eigenvalue weighted by atomic mass is 9.94. The molecule has 3 aromatic rings. The summed E-state index contributed by atoms with van der Waals surface area (Å²) in [6.45, 7) is 0.521. The van der Waals surface area contributed by atoms with E-state index >= 15 is 0 Å². The summed E-state index contributed by atoms with van der Waals surface area (Å²) in [6, 6.07) is 15.2. The number of nitrogens with zero attached hydrogens (tertiary/aromatic N) is 2. The van der Waals surface area contributed by atoms with Gasteiger partial charge in [-0.25, -0.2) is 4.98 Å². The van der Waals surface area contributed by atoms with E-state index in [1.807, 2.05) is 30.3 Å². The molecule has 1 aliphatic rings. The number of hydrogen-bond donors (Lipinski definition) is 0. The van der Waals surface area contributed by atoms with E-state index in [1.165, 1.54) is 0 Å². The van der Waals surface area contributed by atoms with Gasteiger partial charge in [0.15, 0.2) is 0 Å². The number of alkyl halides is 3. The first-order valence-corrected chi connectivity index (χ1v) is 8.38. The smallest absolute Gasteiger partial charge is 0.416 e. The molecular formula is C21H15F3N2O. The van der Waals surface area contributed by atoms with Crippen molar-refractivity contribution in [2.24, 2.45) is 4.99 Å². The van der Waals surface area contributed by atoms with Crippen molar-refractivity contribution in [3.05, 3.63) is 83.0 Å². The second-order valence-electron chi connectivity index (χ2n) is 6.19. The van der Waals surface area contributed by atoms with E-state index < -0.39 is 11.7 Å². The fourth-order valence-corrected chi connectivity index (χ4v) is 3.06. The van der Waals surface area contributed by atoms with Crippen molar-refractivity contribution in [2.75, 3.05) is 0 Å². The fraction of sp³-hybridized carbons (Fsp3) is 0.143. The summed E-state index contributed by atoms with van der Waals surface area (Å²) >= 11 is 0. The average molecular weight is 368 g/mol. The van der Waals surface area contributed by atoms with Crippen LogP contribution in [0.4, 0.5) is 13.2 Å². The number of aliphatic imine (C=N–C) groups is 1. The molecule has 0 saturated carbocycles. The number of hydrogen-bond acceptors (Lipinski definition) is 3. The van der Waals surface area contributed by atoms with Crippen LogP contribution in [0.1, 0.15) is 22.3 Å². The largest absolute Gasteiger partial charge is 0.472 e. The van der Waals surface area contributed by atoms with Crippen LogP contribution in [-0.4, -0.2) is 11.2 Å². The van der Waals surface area contributed by atoms with E-state index in [1.54, 1.807) is 24.5 Å². The standard InChI is InChI=1S/C21H15F3N2O/c22-21(23,24)16-9-15-11-25-12-19(15)18(10-16)17-7-4-8-26-20(17)27-13-14-5-2-1-3-6-14/h1-10,12H,11,13H2. The molecule has 0 spiro atoms. The molecule has 27 heavy (non-hydrogen) atoms. The summed E-state index contributed by atoms with van der Waals surface area (Å²) in [7, 11) is 0. The van der Waals surface area contributed by atoms with E-state index in [9.17, 15) is 13.2 Å². The zero-order valence-electron chi connectivity index (χ0n) is 14.2. The molecule has 6 heteroatoms. The molecule has 2 heterocycles. The summed E-state index contributed by atoms with van der Waals surface area (Å²) in [5, 5.41) is 0. The van der Waals surface area contributed by atoms with Crippen LogP contribution in [-0.2, 0) is 19.3 Å². The SMILES string of the molecule is FC(F)(F)c1cc2c(c(-c3cccnc3OCc3ccccc3)c1)C=NC2. The molecule has 0 saturated heterocycles. The van der Waals surface area contributed by atoms with Gasteiger partial charge >= 0.3 is 6.18 Å². The van der Waals surface area contributed by atoms with Gasteiger partial charge in [0.05, 0.1) is 12.1 Å². The zero-order chi connectivity index (χ0) is 18.9. The van der Waals surface area contributed by atoms with Crippen LogP contribution in [0, 0.1) is 0 Å². The van der Waals surface area contributed by atoms with Crippen molar-refractivity contribution in [3.8, 4) is 17.0 Å². The maximum absolute atomic E-state index is 13.3. The van der Waals surface area contributed by atoms with Crippen LogP contribution in [0.3, 0.4) is 0 Å². The van der Waals surface area contributed by atoms with Gasteiger partial charge in [0.25, 0.3) is 0 Å². The Hall–Kier alpha value is -3.15. The van der Waals surface area contributed by atoms with E-state index in [4.69, 9.17) is 4.74 Å². The van der Waals surface area contributed by atoms with E-state index in [0.29, 0.717) is 28.1 Å². The Morgan fingerprint density at radius 3 is 2.56 bits per heavy atom. The van der Waals surface area contributed by atoms with Gasteiger partial charge in [-0.05, 0) is 41.0 Å². The molecule has 0 amide bonds. The molecule has 0 N–H and O–H groups in total. The minimum Gasteiger partial charge on any atom is -0.472 e. The first-order valence-electron chi connectivity index (χ1n) is 8.38. The van der Waals surface area contributed by atoms with Crippen LogP contribution in [0.25, 0.3) is 11.1 Å². The van der Waals surface area contributed by atoms with Gasteiger partial charge in [0.1, 0.15) is 6.61 Å². The van der Waals surface area contributed by atoms with Crippen LogP contribution in [0.2, 0.25) is 0 Å². The first-order chi connectivity index (χ1) is 13.0. The minimum absolute atomic E-state index is 0.243. The summed E-state index contributed by atoms with van der Waals surface area (Å²) in [5.41, 5.74) is 2.43. The minimum atomic E-state index is -4.43. The number of pyridine rings is 1. The van der Waals surface area contributed by atoms with Crippen LogP contribution in [0.5, 0.6) is 5.88 Å². The number of fused-ring (bicyclic) bond motifs is 1. The van der Waals surface area contributed by atoms with E-state index in [2.05, 4.69) is 9.98 Å². The highest BCUT2D eigenvalue weighted by atomic mass is 19.4. The molecule has 0 aliphatic carbocycles. The molecule has 3 nitrogen and oxygen atoms in total. The molecule has 1 aromatic heterocycles. The third-order valence-electron chi connectivity index (χ3n) is 4.35. The number of ether oxygens (including phenoxy) is 1. The summed E-state index contributed by atoms with van der Waals surface area (Å²) < 4.78 is 45.8. The van der Waals surface area contributed by atoms with E-state index in [-0.39, 0.29) is 13.2 Å². The second kappa shape index (κ2) is 6.87. The highest BCUT2D eigenvalue weighted by Gasteiger charge is 2.33. The van der Waals surface area contributed by atoms with E-state index in [0.717, 1.165) is 17.7 Å². The third-order valence-corrected chi connectivity index (χ3v) is 4.35. The summed E-state index contributed by atoms with van der Waals surface area (Å²) in [6.07, 6.45) is -1.26. The Bertz CT molecular complexity index is 998. The molecule has 136 valence electrons. The third kappa shape index (κ3) is 3.56. The Morgan fingerprint density at radius 1 is 0.963 bits per heavy atom. The molecule has 1 aliphatic heterocycles. The highest BCUT2D eigenvalue weighted by Crippen LogP contribution is 2.39. The van der Waals surface area contributed by atoms with Crippen molar-refractivity contribution in [3.63, 3.8) is 0 Å². The molecular weight excluding hydrogens is 353 g/mol. The highest BCUT2D eigenvalue weighted by molar-refractivity contribution is 5.95. The monoisotopic (exact) mass is 368 g/mol. The fourth-order valence-electron chi connectivity index (χ4n) is 3.06. The van der Waals surface area contributed by atoms with Crippen molar-refractivity contribution in [2.45, 2.75) is 19.3 Å². The van der Waals surface area contributed by atoms with Gasteiger partial charge in [0.2, 0.25) is 5.88 Å². The van der Waals surface area contributed by atoms with Crippen LogP contribution < -0.4 is 4.74 Å². The lowest BCUT2D eigenvalue weighted by Gasteiger charge is -2.15. The molecule has 0 unspecified atom stereocenters. The Kier molecular flexibility index (Phi) is 4.39. The second-order valence-corrected chi connectivity index (χ2v) is 6.19. The van der Waals surface area contributed by atoms with Gasteiger partial charge in [-0.1, -0.05) is 30.3 Å².